The summed E-state index contributed by atoms with van der Waals surface area (Å²) in [7, 11) is 0. The number of nitrogen functional groups attached to an aromatic ring is 1. The van der Waals surface area contributed by atoms with E-state index in [-0.39, 0.29) is 16.7 Å². The Morgan fingerprint density at radius 1 is 1.41 bits per heavy atom. The first-order valence-corrected chi connectivity index (χ1v) is 5.56. The molecule has 0 heterocycles. The summed E-state index contributed by atoms with van der Waals surface area (Å²) < 4.78 is 5.49. The highest BCUT2D eigenvalue weighted by molar-refractivity contribution is 5.96. The fraction of sp³-hybridized carbons (Fsp3) is 0.462. The second kappa shape index (κ2) is 5.08. The zero-order valence-corrected chi connectivity index (χ0v) is 10.5. The molecule has 1 rings (SSSR count). The van der Waals surface area contributed by atoms with Crippen molar-refractivity contribution in [1.29, 1.82) is 0 Å². The molecule has 4 heteroatoms. The summed E-state index contributed by atoms with van der Waals surface area (Å²) in [6.45, 7) is 6.79. The summed E-state index contributed by atoms with van der Waals surface area (Å²) in [4.78, 5) is 11.0. The smallest absolute Gasteiger partial charge is 0.341 e. The molecule has 0 aliphatic heterocycles. The van der Waals surface area contributed by atoms with Crippen LogP contribution in [-0.4, -0.2) is 17.7 Å². The summed E-state index contributed by atoms with van der Waals surface area (Å²) in [6.07, 6.45) is 0.848. The van der Waals surface area contributed by atoms with Gasteiger partial charge in [-0.1, -0.05) is 26.8 Å². The second-order valence-electron chi connectivity index (χ2n) is 5.18. The molecule has 0 saturated heterocycles. The van der Waals surface area contributed by atoms with E-state index < -0.39 is 5.97 Å². The average molecular weight is 237 g/mol. The quantitative estimate of drug-likeness (QED) is 0.790. The maximum atomic E-state index is 11.0. The summed E-state index contributed by atoms with van der Waals surface area (Å²) in [5, 5.41) is 9.05. The van der Waals surface area contributed by atoms with Crippen molar-refractivity contribution in [2.24, 2.45) is 5.41 Å². The maximum Gasteiger partial charge on any atom is 0.341 e. The largest absolute Gasteiger partial charge is 0.493 e. The van der Waals surface area contributed by atoms with Crippen molar-refractivity contribution in [3.63, 3.8) is 0 Å². The Hall–Kier alpha value is -1.71. The molecule has 17 heavy (non-hydrogen) atoms. The first-order valence-electron chi connectivity index (χ1n) is 5.56. The van der Waals surface area contributed by atoms with Crippen molar-refractivity contribution in [1.82, 2.24) is 0 Å². The van der Waals surface area contributed by atoms with Gasteiger partial charge in [0.2, 0.25) is 0 Å². The Balaban J connectivity index is 2.78. The molecule has 0 aliphatic carbocycles. The molecule has 1 aromatic carbocycles. The monoisotopic (exact) mass is 237 g/mol. The fourth-order valence-electron chi connectivity index (χ4n) is 1.36. The Kier molecular flexibility index (Phi) is 3.99. The van der Waals surface area contributed by atoms with Crippen molar-refractivity contribution in [3.05, 3.63) is 23.8 Å². The Bertz CT molecular complexity index is 408. The summed E-state index contributed by atoms with van der Waals surface area (Å²) in [5.41, 5.74) is 6.05. The highest BCUT2D eigenvalue weighted by Gasteiger charge is 2.16. The van der Waals surface area contributed by atoms with E-state index in [4.69, 9.17) is 15.6 Å². The van der Waals surface area contributed by atoms with E-state index in [1.165, 1.54) is 0 Å². The zero-order valence-electron chi connectivity index (χ0n) is 10.5. The van der Waals surface area contributed by atoms with Gasteiger partial charge in [-0.3, -0.25) is 0 Å². The maximum absolute atomic E-state index is 11.0. The van der Waals surface area contributed by atoms with Crippen LogP contribution in [0.4, 0.5) is 5.69 Å². The summed E-state index contributed by atoms with van der Waals surface area (Å²) in [6, 6.07) is 4.87. The Labute approximate surface area is 101 Å². The minimum Gasteiger partial charge on any atom is -0.493 e. The molecule has 0 atom stereocenters. The summed E-state index contributed by atoms with van der Waals surface area (Å²) in [5.74, 6) is -0.726. The number of carbonyl (C=O) groups is 1. The zero-order chi connectivity index (χ0) is 13.1. The van der Waals surface area contributed by atoms with E-state index in [9.17, 15) is 4.79 Å². The van der Waals surface area contributed by atoms with Crippen LogP contribution in [0.1, 0.15) is 37.6 Å². The topological polar surface area (TPSA) is 72.5 Å². The number of ether oxygens (including phenoxy) is 1. The third-order valence-corrected chi connectivity index (χ3v) is 2.38. The van der Waals surface area contributed by atoms with Gasteiger partial charge in [0.1, 0.15) is 11.3 Å². The van der Waals surface area contributed by atoms with Gasteiger partial charge in [0.25, 0.3) is 0 Å². The molecule has 0 radical (unpaired) electrons. The van der Waals surface area contributed by atoms with Gasteiger partial charge < -0.3 is 15.6 Å². The third kappa shape index (κ3) is 3.98. The van der Waals surface area contributed by atoms with Crippen LogP contribution in [0.15, 0.2) is 18.2 Å². The number of hydrogen-bond donors (Lipinski definition) is 2. The van der Waals surface area contributed by atoms with Crippen LogP contribution in [0, 0.1) is 5.41 Å². The SMILES string of the molecule is CC(C)(C)CCOc1cccc(N)c1C(=O)O. The van der Waals surface area contributed by atoms with Crippen LogP contribution in [0.5, 0.6) is 5.75 Å². The lowest BCUT2D eigenvalue weighted by atomic mass is 9.93. The number of anilines is 1. The minimum atomic E-state index is -1.06. The van der Waals surface area contributed by atoms with Gasteiger partial charge in [-0.25, -0.2) is 4.79 Å². The molecule has 3 N–H and O–H groups in total. The van der Waals surface area contributed by atoms with Crippen molar-refractivity contribution in [3.8, 4) is 5.75 Å². The first kappa shape index (κ1) is 13.4. The number of hydrogen-bond acceptors (Lipinski definition) is 3. The van der Waals surface area contributed by atoms with Gasteiger partial charge in [-0.15, -0.1) is 0 Å². The molecule has 1 aromatic rings. The lowest BCUT2D eigenvalue weighted by molar-refractivity contribution is 0.0693. The predicted octanol–water partition coefficient (Wildman–Crippen LogP) is 2.78. The van der Waals surface area contributed by atoms with E-state index >= 15 is 0 Å². The number of carboxylic acids is 1. The van der Waals surface area contributed by atoms with Gasteiger partial charge >= 0.3 is 5.97 Å². The normalized spacial score (nSPS) is 11.2. The predicted molar refractivity (Wildman–Crippen MR) is 67.4 cm³/mol. The molecular weight excluding hydrogens is 218 g/mol. The number of benzene rings is 1. The Morgan fingerprint density at radius 2 is 2.06 bits per heavy atom. The van der Waals surface area contributed by atoms with Gasteiger partial charge in [-0.05, 0) is 24.0 Å². The molecule has 0 bridgehead atoms. The number of carboxylic acid groups (broad SMARTS) is 1. The standard InChI is InChI=1S/C13H19NO3/c1-13(2,3)7-8-17-10-6-4-5-9(14)11(10)12(15)16/h4-6H,7-8,14H2,1-3H3,(H,15,16). The van der Waals surface area contributed by atoms with Crippen LogP contribution in [0.25, 0.3) is 0 Å². The number of nitrogens with two attached hydrogens (primary N) is 1. The van der Waals surface area contributed by atoms with Gasteiger partial charge in [0.05, 0.1) is 6.61 Å². The highest BCUT2D eigenvalue weighted by atomic mass is 16.5. The van der Waals surface area contributed by atoms with Crippen LogP contribution < -0.4 is 10.5 Å². The second-order valence-corrected chi connectivity index (χ2v) is 5.18. The van der Waals surface area contributed by atoms with Crippen molar-refractivity contribution < 1.29 is 14.6 Å². The summed E-state index contributed by atoms with van der Waals surface area (Å²) >= 11 is 0. The van der Waals surface area contributed by atoms with E-state index in [1.54, 1.807) is 18.2 Å². The van der Waals surface area contributed by atoms with Crippen molar-refractivity contribution in [2.45, 2.75) is 27.2 Å². The van der Waals surface area contributed by atoms with Crippen LogP contribution in [-0.2, 0) is 0 Å². The molecule has 94 valence electrons. The molecule has 0 amide bonds. The van der Waals surface area contributed by atoms with E-state index in [0.717, 1.165) is 6.42 Å². The van der Waals surface area contributed by atoms with Gasteiger partial charge in [0, 0.05) is 5.69 Å². The molecule has 0 aliphatic rings. The molecule has 4 nitrogen and oxygen atoms in total. The fourth-order valence-corrected chi connectivity index (χ4v) is 1.36. The molecule has 0 fully saturated rings. The van der Waals surface area contributed by atoms with E-state index in [0.29, 0.717) is 12.4 Å². The van der Waals surface area contributed by atoms with Crippen LogP contribution in [0.2, 0.25) is 0 Å². The Morgan fingerprint density at radius 3 is 2.59 bits per heavy atom. The number of rotatable bonds is 4. The van der Waals surface area contributed by atoms with Crippen LogP contribution >= 0.6 is 0 Å². The molecule has 0 aromatic heterocycles. The van der Waals surface area contributed by atoms with Crippen molar-refractivity contribution >= 4 is 11.7 Å². The van der Waals surface area contributed by atoms with E-state index in [2.05, 4.69) is 20.8 Å². The van der Waals surface area contributed by atoms with Gasteiger partial charge in [-0.2, -0.15) is 0 Å². The van der Waals surface area contributed by atoms with Crippen LogP contribution in [0.3, 0.4) is 0 Å². The lowest BCUT2D eigenvalue weighted by Crippen LogP contribution is -2.13. The highest BCUT2D eigenvalue weighted by Crippen LogP contribution is 2.26. The molecule has 0 unspecified atom stereocenters. The first-order chi connectivity index (χ1) is 7.81. The molecule has 0 saturated carbocycles. The lowest BCUT2D eigenvalue weighted by Gasteiger charge is -2.18. The molecule has 0 spiro atoms. The minimum absolute atomic E-state index is 0.0430. The van der Waals surface area contributed by atoms with E-state index in [1.807, 2.05) is 0 Å². The van der Waals surface area contributed by atoms with Crippen molar-refractivity contribution in [2.75, 3.05) is 12.3 Å². The average Bonchev–Trinajstić information content (AvgIpc) is 2.14. The number of aromatic carboxylic acids is 1. The third-order valence-electron chi connectivity index (χ3n) is 2.38. The molecular formula is C13H19NO3. The van der Waals surface area contributed by atoms with Gasteiger partial charge in [0.15, 0.2) is 0 Å².